The van der Waals surface area contributed by atoms with Gasteiger partial charge in [0.2, 0.25) is 0 Å². The zero-order chi connectivity index (χ0) is 15.0. The van der Waals surface area contributed by atoms with E-state index in [2.05, 4.69) is 20.9 Å². The molecule has 0 aliphatic carbocycles. The molecule has 1 heterocycles. The van der Waals surface area contributed by atoms with Gasteiger partial charge in [-0.05, 0) is 54.8 Å². The maximum absolute atomic E-state index is 10.6. The SMILES string of the molecule is Cc1ccc(C(O)c2ccc3nc(C)ccc3c2)c(Br)c1. The van der Waals surface area contributed by atoms with Crippen molar-refractivity contribution in [2.75, 3.05) is 0 Å². The van der Waals surface area contributed by atoms with Crippen molar-refractivity contribution >= 4 is 26.8 Å². The van der Waals surface area contributed by atoms with Gasteiger partial charge in [-0.15, -0.1) is 0 Å². The summed E-state index contributed by atoms with van der Waals surface area (Å²) < 4.78 is 0.928. The summed E-state index contributed by atoms with van der Waals surface area (Å²) in [5.74, 6) is 0. The van der Waals surface area contributed by atoms with E-state index >= 15 is 0 Å². The second kappa shape index (κ2) is 5.58. The van der Waals surface area contributed by atoms with E-state index in [4.69, 9.17) is 0 Å². The van der Waals surface area contributed by atoms with Gasteiger partial charge in [0.05, 0.1) is 5.52 Å². The lowest BCUT2D eigenvalue weighted by atomic mass is 9.99. The minimum absolute atomic E-state index is 0.648. The van der Waals surface area contributed by atoms with Crippen LogP contribution in [0.4, 0.5) is 0 Å². The molecule has 1 aromatic heterocycles. The predicted octanol–water partition coefficient (Wildman–Crippen LogP) is 4.70. The first-order valence-electron chi connectivity index (χ1n) is 6.86. The van der Waals surface area contributed by atoms with Crippen molar-refractivity contribution in [3.05, 3.63) is 75.4 Å². The van der Waals surface area contributed by atoms with Crippen molar-refractivity contribution in [1.29, 1.82) is 0 Å². The first kappa shape index (κ1) is 14.2. The van der Waals surface area contributed by atoms with Crippen molar-refractivity contribution in [2.45, 2.75) is 20.0 Å². The van der Waals surface area contributed by atoms with Crippen molar-refractivity contribution < 1.29 is 5.11 Å². The van der Waals surface area contributed by atoms with E-state index in [0.717, 1.165) is 37.8 Å². The van der Waals surface area contributed by atoms with Crippen LogP contribution in [0.1, 0.15) is 28.5 Å². The van der Waals surface area contributed by atoms with E-state index in [1.807, 2.05) is 62.4 Å². The lowest BCUT2D eigenvalue weighted by molar-refractivity contribution is 0.219. The number of fused-ring (bicyclic) bond motifs is 1. The van der Waals surface area contributed by atoms with Gasteiger partial charge >= 0.3 is 0 Å². The molecule has 1 atom stereocenters. The molecule has 0 spiro atoms. The van der Waals surface area contributed by atoms with Gasteiger partial charge in [0.15, 0.2) is 0 Å². The Hall–Kier alpha value is -1.71. The molecule has 0 radical (unpaired) electrons. The maximum atomic E-state index is 10.6. The maximum Gasteiger partial charge on any atom is 0.105 e. The molecule has 106 valence electrons. The molecule has 0 aliphatic rings. The number of benzene rings is 2. The Labute approximate surface area is 132 Å². The molecule has 3 heteroatoms. The van der Waals surface area contributed by atoms with E-state index in [-0.39, 0.29) is 0 Å². The summed E-state index contributed by atoms with van der Waals surface area (Å²) in [5.41, 5.74) is 4.86. The number of aliphatic hydroxyl groups excluding tert-OH is 1. The van der Waals surface area contributed by atoms with Gasteiger partial charge in [-0.3, -0.25) is 4.98 Å². The third-order valence-corrected chi connectivity index (χ3v) is 4.31. The molecule has 0 bridgehead atoms. The fourth-order valence-electron chi connectivity index (χ4n) is 2.45. The molecule has 2 nitrogen and oxygen atoms in total. The second-order valence-corrected chi connectivity index (χ2v) is 6.19. The number of rotatable bonds is 2. The molecular weight excluding hydrogens is 326 g/mol. The average molecular weight is 342 g/mol. The molecule has 0 saturated carbocycles. The van der Waals surface area contributed by atoms with Gasteiger partial charge in [0, 0.05) is 15.6 Å². The van der Waals surface area contributed by atoms with E-state index in [1.165, 1.54) is 0 Å². The van der Waals surface area contributed by atoms with Crippen LogP contribution in [0.5, 0.6) is 0 Å². The fourth-order valence-corrected chi connectivity index (χ4v) is 3.16. The van der Waals surface area contributed by atoms with Gasteiger partial charge in [0.25, 0.3) is 0 Å². The Bertz CT molecular complexity index is 813. The largest absolute Gasteiger partial charge is 0.384 e. The molecule has 3 aromatic rings. The number of hydrogen-bond acceptors (Lipinski definition) is 2. The minimum atomic E-state index is -0.648. The number of halogens is 1. The molecular formula is C18H16BrNO. The van der Waals surface area contributed by atoms with Crippen LogP contribution in [0.2, 0.25) is 0 Å². The fraction of sp³-hybridized carbons (Fsp3) is 0.167. The molecule has 0 saturated heterocycles. The van der Waals surface area contributed by atoms with Gasteiger partial charge in [0.1, 0.15) is 6.10 Å². The summed E-state index contributed by atoms with van der Waals surface area (Å²) in [4.78, 5) is 4.49. The van der Waals surface area contributed by atoms with Crippen LogP contribution in [0.3, 0.4) is 0 Å². The van der Waals surface area contributed by atoms with Crippen LogP contribution in [0.25, 0.3) is 10.9 Å². The third-order valence-electron chi connectivity index (χ3n) is 3.62. The van der Waals surface area contributed by atoms with Crippen LogP contribution >= 0.6 is 15.9 Å². The van der Waals surface area contributed by atoms with Crippen LogP contribution in [0, 0.1) is 13.8 Å². The summed E-state index contributed by atoms with van der Waals surface area (Å²) in [5, 5.41) is 11.7. The molecule has 3 rings (SSSR count). The lowest BCUT2D eigenvalue weighted by Crippen LogP contribution is -2.01. The molecule has 2 aromatic carbocycles. The van der Waals surface area contributed by atoms with E-state index in [1.54, 1.807) is 0 Å². The number of aliphatic hydroxyl groups is 1. The highest BCUT2D eigenvalue weighted by Gasteiger charge is 2.14. The highest BCUT2D eigenvalue weighted by molar-refractivity contribution is 9.10. The first-order valence-corrected chi connectivity index (χ1v) is 7.65. The molecule has 1 unspecified atom stereocenters. The quantitative estimate of drug-likeness (QED) is 0.733. The molecule has 21 heavy (non-hydrogen) atoms. The number of pyridine rings is 1. The Kier molecular flexibility index (Phi) is 3.79. The summed E-state index contributed by atoms with van der Waals surface area (Å²) in [6.45, 7) is 4.01. The standard InChI is InChI=1S/C18H16BrNO/c1-11-3-7-15(16(19)9-11)18(21)14-6-8-17-13(10-14)5-4-12(2)20-17/h3-10,18,21H,1-2H3. The highest BCUT2D eigenvalue weighted by atomic mass is 79.9. The Morgan fingerprint density at radius 3 is 2.57 bits per heavy atom. The summed E-state index contributed by atoms with van der Waals surface area (Å²) in [6.07, 6.45) is -0.648. The predicted molar refractivity (Wildman–Crippen MR) is 89.4 cm³/mol. The van der Waals surface area contributed by atoms with Crippen LogP contribution in [-0.2, 0) is 0 Å². The highest BCUT2D eigenvalue weighted by Crippen LogP contribution is 2.30. The third kappa shape index (κ3) is 2.85. The van der Waals surface area contributed by atoms with Crippen LogP contribution in [-0.4, -0.2) is 10.1 Å². The first-order chi connectivity index (χ1) is 10.0. The average Bonchev–Trinajstić information content (AvgIpc) is 2.46. The van der Waals surface area contributed by atoms with E-state index in [0.29, 0.717) is 0 Å². The minimum Gasteiger partial charge on any atom is -0.384 e. The van der Waals surface area contributed by atoms with Gasteiger partial charge < -0.3 is 5.11 Å². The number of aromatic nitrogens is 1. The van der Waals surface area contributed by atoms with Crippen molar-refractivity contribution in [2.24, 2.45) is 0 Å². The van der Waals surface area contributed by atoms with Gasteiger partial charge in [-0.1, -0.05) is 40.2 Å². The summed E-state index contributed by atoms with van der Waals surface area (Å²) >= 11 is 3.53. The Balaban J connectivity index is 2.04. The molecule has 0 aliphatic heterocycles. The van der Waals surface area contributed by atoms with Gasteiger partial charge in [-0.2, -0.15) is 0 Å². The summed E-state index contributed by atoms with van der Waals surface area (Å²) in [7, 11) is 0. The molecule has 0 fully saturated rings. The van der Waals surface area contributed by atoms with Crippen molar-refractivity contribution in [3.63, 3.8) is 0 Å². The van der Waals surface area contributed by atoms with Crippen molar-refractivity contribution in [3.8, 4) is 0 Å². The van der Waals surface area contributed by atoms with Crippen LogP contribution < -0.4 is 0 Å². The zero-order valence-corrected chi connectivity index (χ0v) is 13.6. The molecule has 0 amide bonds. The molecule has 1 N–H and O–H groups in total. The zero-order valence-electron chi connectivity index (χ0n) is 12.0. The van der Waals surface area contributed by atoms with Gasteiger partial charge in [-0.25, -0.2) is 0 Å². The second-order valence-electron chi connectivity index (χ2n) is 5.33. The summed E-state index contributed by atoms with van der Waals surface area (Å²) in [6, 6.07) is 15.9. The Morgan fingerprint density at radius 2 is 1.81 bits per heavy atom. The number of aryl methyl sites for hydroxylation is 2. The number of nitrogens with zero attached hydrogens (tertiary/aromatic N) is 1. The topological polar surface area (TPSA) is 33.1 Å². The van der Waals surface area contributed by atoms with Crippen molar-refractivity contribution in [1.82, 2.24) is 4.98 Å². The monoisotopic (exact) mass is 341 g/mol. The number of hydrogen-bond donors (Lipinski definition) is 1. The normalized spacial score (nSPS) is 12.6. The lowest BCUT2D eigenvalue weighted by Gasteiger charge is -2.14. The Morgan fingerprint density at radius 1 is 1.00 bits per heavy atom. The van der Waals surface area contributed by atoms with Crippen LogP contribution in [0.15, 0.2) is 53.0 Å². The van der Waals surface area contributed by atoms with E-state index < -0.39 is 6.10 Å². The van der Waals surface area contributed by atoms with E-state index in [9.17, 15) is 5.11 Å². The smallest absolute Gasteiger partial charge is 0.105 e.